The van der Waals surface area contributed by atoms with E-state index in [0.29, 0.717) is 30.6 Å². The van der Waals surface area contributed by atoms with Gasteiger partial charge in [-0.2, -0.15) is 0 Å². The summed E-state index contributed by atoms with van der Waals surface area (Å²) in [6, 6.07) is 7.15. The third kappa shape index (κ3) is 3.92. The number of carbonyl (C=O) groups is 2. The van der Waals surface area contributed by atoms with Crippen LogP contribution in [0.3, 0.4) is 0 Å². The highest BCUT2D eigenvalue weighted by atomic mass is 16.5. The number of rotatable bonds is 5. The lowest BCUT2D eigenvalue weighted by molar-refractivity contribution is -0.151. The van der Waals surface area contributed by atoms with E-state index < -0.39 is 0 Å². The van der Waals surface area contributed by atoms with E-state index in [4.69, 9.17) is 4.74 Å². The zero-order valence-electron chi connectivity index (χ0n) is 14.9. The van der Waals surface area contributed by atoms with Gasteiger partial charge in [-0.05, 0) is 31.9 Å². The molecule has 1 unspecified atom stereocenters. The maximum absolute atomic E-state index is 12.5. The van der Waals surface area contributed by atoms with Crippen LogP contribution in [-0.2, 0) is 20.9 Å². The SMILES string of the molecule is CCOC(=O)C1CCCN(C(=O)CCn2cnc3ccccc3c2=O)C1. The van der Waals surface area contributed by atoms with E-state index >= 15 is 0 Å². The van der Waals surface area contributed by atoms with Crippen LogP contribution in [0.5, 0.6) is 0 Å². The lowest BCUT2D eigenvalue weighted by Crippen LogP contribution is -2.43. The third-order valence-corrected chi connectivity index (χ3v) is 4.69. The van der Waals surface area contributed by atoms with Crippen molar-refractivity contribution in [2.24, 2.45) is 5.92 Å². The molecule has 0 bridgehead atoms. The molecule has 1 aliphatic heterocycles. The van der Waals surface area contributed by atoms with Crippen molar-refractivity contribution in [1.29, 1.82) is 0 Å². The number of piperidine rings is 1. The first-order valence-corrected chi connectivity index (χ1v) is 8.98. The van der Waals surface area contributed by atoms with E-state index in [1.165, 1.54) is 10.9 Å². The second-order valence-electron chi connectivity index (χ2n) is 6.44. The Hall–Kier alpha value is -2.70. The molecule has 26 heavy (non-hydrogen) atoms. The Morgan fingerprint density at radius 2 is 2.12 bits per heavy atom. The van der Waals surface area contributed by atoms with Crippen LogP contribution in [0, 0.1) is 5.92 Å². The molecule has 2 heterocycles. The number of hydrogen-bond donors (Lipinski definition) is 0. The minimum Gasteiger partial charge on any atom is -0.466 e. The summed E-state index contributed by atoms with van der Waals surface area (Å²) in [6.45, 7) is 3.43. The first-order chi connectivity index (χ1) is 12.6. The summed E-state index contributed by atoms with van der Waals surface area (Å²) in [7, 11) is 0. The molecule has 7 nitrogen and oxygen atoms in total. The molecule has 1 amide bonds. The minimum absolute atomic E-state index is 0.0564. The Kier molecular flexibility index (Phi) is 5.65. The third-order valence-electron chi connectivity index (χ3n) is 4.69. The van der Waals surface area contributed by atoms with Gasteiger partial charge >= 0.3 is 5.97 Å². The highest BCUT2D eigenvalue weighted by molar-refractivity contribution is 5.79. The van der Waals surface area contributed by atoms with Gasteiger partial charge in [-0.3, -0.25) is 19.0 Å². The van der Waals surface area contributed by atoms with Gasteiger partial charge in [0.15, 0.2) is 0 Å². The molecule has 1 saturated heterocycles. The smallest absolute Gasteiger partial charge is 0.310 e. The minimum atomic E-state index is -0.252. The largest absolute Gasteiger partial charge is 0.466 e. The molecule has 0 spiro atoms. The fourth-order valence-corrected chi connectivity index (χ4v) is 3.30. The predicted octanol–water partition coefficient (Wildman–Crippen LogP) is 1.59. The van der Waals surface area contributed by atoms with Crippen molar-refractivity contribution < 1.29 is 14.3 Å². The van der Waals surface area contributed by atoms with Crippen LogP contribution in [-0.4, -0.2) is 46.0 Å². The number of aromatic nitrogens is 2. The molecule has 2 aromatic rings. The number of likely N-dealkylation sites (tertiary alicyclic amines) is 1. The van der Waals surface area contributed by atoms with Crippen molar-refractivity contribution in [3.8, 4) is 0 Å². The molecular formula is C19H23N3O4. The number of para-hydroxylation sites is 1. The van der Waals surface area contributed by atoms with Gasteiger partial charge in [0.1, 0.15) is 0 Å². The molecule has 1 fully saturated rings. The summed E-state index contributed by atoms with van der Waals surface area (Å²) >= 11 is 0. The number of nitrogens with zero attached hydrogens (tertiary/aromatic N) is 3. The van der Waals surface area contributed by atoms with Gasteiger partial charge in [0.05, 0.1) is 29.8 Å². The molecule has 0 N–H and O–H groups in total. The van der Waals surface area contributed by atoms with Crippen LogP contribution >= 0.6 is 0 Å². The van der Waals surface area contributed by atoms with Crippen LogP contribution < -0.4 is 5.56 Å². The van der Waals surface area contributed by atoms with Crippen LogP contribution in [0.15, 0.2) is 35.4 Å². The Morgan fingerprint density at radius 3 is 2.92 bits per heavy atom. The molecule has 1 aliphatic rings. The number of esters is 1. The first-order valence-electron chi connectivity index (χ1n) is 8.98. The maximum Gasteiger partial charge on any atom is 0.310 e. The van der Waals surface area contributed by atoms with Gasteiger partial charge in [-0.25, -0.2) is 4.98 Å². The first kappa shape index (κ1) is 18.1. The number of aryl methyl sites for hydroxylation is 1. The number of carbonyl (C=O) groups excluding carboxylic acids is 2. The maximum atomic E-state index is 12.5. The van der Waals surface area contributed by atoms with Crippen LogP contribution in [0.1, 0.15) is 26.2 Å². The van der Waals surface area contributed by atoms with Crippen molar-refractivity contribution in [2.75, 3.05) is 19.7 Å². The van der Waals surface area contributed by atoms with Gasteiger partial charge in [-0.15, -0.1) is 0 Å². The second kappa shape index (κ2) is 8.12. The van der Waals surface area contributed by atoms with E-state index in [0.717, 1.165) is 12.8 Å². The molecule has 0 radical (unpaired) electrons. The summed E-state index contributed by atoms with van der Waals surface area (Å²) in [6.07, 6.45) is 3.22. The molecule has 0 saturated carbocycles. The Labute approximate surface area is 151 Å². The quantitative estimate of drug-likeness (QED) is 0.759. The van der Waals surface area contributed by atoms with E-state index in [9.17, 15) is 14.4 Å². The molecule has 138 valence electrons. The summed E-state index contributed by atoms with van der Waals surface area (Å²) in [5.41, 5.74) is 0.500. The number of amides is 1. The highest BCUT2D eigenvalue weighted by Gasteiger charge is 2.29. The van der Waals surface area contributed by atoms with Gasteiger partial charge < -0.3 is 9.64 Å². The monoisotopic (exact) mass is 357 g/mol. The molecule has 1 aromatic heterocycles. The van der Waals surface area contributed by atoms with Crippen molar-refractivity contribution in [1.82, 2.24) is 14.5 Å². The van der Waals surface area contributed by atoms with Gasteiger partial charge in [0.25, 0.3) is 5.56 Å². The predicted molar refractivity (Wildman–Crippen MR) is 96.6 cm³/mol. The van der Waals surface area contributed by atoms with Crippen molar-refractivity contribution >= 4 is 22.8 Å². The molecule has 7 heteroatoms. The Bertz CT molecular complexity index is 861. The molecule has 3 rings (SSSR count). The second-order valence-corrected chi connectivity index (χ2v) is 6.44. The zero-order valence-corrected chi connectivity index (χ0v) is 14.9. The molecule has 1 aromatic carbocycles. The number of benzene rings is 1. The lowest BCUT2D eigenvalue weighted by atomic mass is 9.98. The summed E-state index contributed by atoms with van der Waals surface area (Å²) in [5, 5.41) is 0.544. The van der Waals surface area contributed by atoms with E-state index in [-0.39, 0.29) is 36.3 Å². The average Bonchev–Trinajstić information content (AvgIpc) is 2.68. The Balaban J connectivity index is 1.63. The summed E-state index contributed by atoms with van der Waals surface area (Å²) in [5.74, 6) is -0.545. The molecule has 0 aliphatic carbocycles. The van der Waals surface area contributed by atoms with E-state index in [2.05, 4.69) is 4.98 Å². The highest BCUT2D eigenvalue weighted by Crippen LogP contribution is 2.18. The summed E-state index contributed by atoms with van der Waals surface area (Å²) in [4.78, 5) is 42.8. The average molecular weight is 357 g/mol. The fourth-order valence-electron chi connectivity index (χ4n) is 3.30. The van der Waals surface area contributed by atoms with Crippen molar-refractivity contribution in [3.63, 3.8) is 0 Å². The number of fused-ring (bicyclic) bond motifs is 1. The van der Waals surface area contributed by atoms with Crippen molar-refractivity contribution in [3.05, 3.63) is 40.9 Å². The lowest BCUT2D eigenvalue weighted by Gasteiger charge is -2.31. The van der Waals surface area contributed by atoms with E-state index in [1.54, 1.807) is 30.0 Å². The van der Waals surface area contributed by atoms with Crippen LogP contribution in [0.4, 0.5) is 0 Å². The van der Waals surface area contributed by atoms with Gasteiger partial charge in [0.2, 0.25) is 5.91 Å². The molecular weight excluding hydrogens is 334 g/mol. The van der Waals surface area contributed by atoms with Crippen LogP contribution in [0.25, 0.3) is 10.9 Å². The standard InChI is InChI=1S/C19H23N3O4/c1-2-26-19(25)14-6-5-10-21(12-14)17(23)9-11-22-13-20-16-8-4-3-7-15(16)18(22)24/h3-4,7-8,13-14H,2,5-6,9-12H2,1H3. The molecule has 1 atom stereocenters. The number of ether oxygens (including phenoxy) is 1. The zero-order chi connectivity index (χ0) is 18.5. The Morgan fingerprint density at radius 1 is 1.31 bits per heavy atom. The van der Waals surface area contributed by atoms with E-state index in [1.807, 2.05) is 6.07 Å². The topological polar surface area (TPSA) is 81.5 Å². The van der Waals surface area contributed by atoms with Crippen molar-refractivity contribution in [2.45, 2.75) is 32.7 Å². The fraction of sp³-hybridized carbons (Fsp3) is 0.474. The van der Waals surface area contributed by atoms with Gasteiger partial charge in [-0.1, -0.05) is 12.1 Å². The van der Waals surface area contributed by atoms with Gasteiger partial charge in [0, 0.05) is 26.1 Å². The normalized spacial score (nSPS) is 17.3. The number of hydrogen-bond acceptors (Lipinski definition) is 5. The summed E-state index contributed by atoms with van der Waals surface area (Å²) < 4.78 is 6.53. The van der Waals surface area contributed by atoms with Crippen LogP contribution in [0.2, 0.25) is 0 Å².